The lowest BCUT2D eigenvalue weighted by molar-refractivity contribution is 0.0995. The highest BCUT2D eigenvalue weighted by Gasteiger charge is 2.26. The van der Waals surface area contributed by atoms with Gasteiger partial charge in [0.1, 0.15) is 5.82 Å². The molecule has 1 aliphatic carbocycles. The minimum atomic E-state index is -3.15. The van der Waals surface area contributed by atoms with Crippen LogP contribution in [0.2, 0.25) is 0 Å². The van der Waals surface area contributed by atoms with Gasteiger partial charge >= 0.3 is 0 Å². The van der Waals surface area contributed by atoms with Gasteiger partial charge < -0.3 is 10.6 Å². The number of hydrogen-bond donors (Lipinski definition) is 2. The van der Waals surface area contributed by atoms with Crippen molar-refractivity contribution in [3.8, 4) is 0 Å². The number of sulfonamides is 1. The molecule has 0 atom stereocenters. The third-order valence-electron chi connectivity index (χ3n) is 5.30. The first-order valence-electron chi connectivity index (χ1n) is 10.5. The summed E-state index contributed by atoms with van der Waals surface area (Å²) in [4.78, 5) is 21.1. The number of carbonyl (C=O) groups is 1. The second kappa shape index (κ2) is 10.1. The Balaban J connectivity index is 0.00000132. The summed E-state index contributed by atoms with van der Waals surface area (Å²) in [5.74, 6) is 1.18. The number of fused-ring (bicyclic) bond motifs is 1. The number of aryl methyl sites for hydroxylation is 1. The molecule has 0 unspecified atom stereocenters. The largest absolute Gasteiger partial charge is 0.351 e. The number of carbonyl (C=O) groups excluding carboxylic acids is 1. The third kappa shape index (κ3) is 5.61. The van der Waals surface area contributed by atoms with Crippen molar-refractivity contribution in [3.63, 3.8) is 0 Å². The first-order chi connectivity index (χ1) is 14.8. The fourth-order valence-corrected chi connectivity index (χ4v) is 4.95. The Morgan fingerprint density at radius 3 is 2.55 bits per heavy atom. The van der Waals surface area contributed by atoms with Crippen LogP contribution >= 0.6 is 15.9 Å². The zero-order valence-electron chi connectivity index (χ0n) is 18.0. The summed E-state index contributed by atoms with van der Waals surface area (Å²) in [6.07, 6.45) is 5.59. The molecule has 0 spiro atoms. The molecule has 2 N–H and O–H groups in total. The zero-order chi connectivity index (χ0) is 22.6. The maximum atomic E-state index is 12.2. The topological polar surface area (TPSA) is 104 Å². The summed E-state index contributed by atoms with van der Waals surface area (Å²) < 4.78 is 25.5. The fraction of sp³-hybridized carbons (Fsp3) is 0.476. The van der Waals surface area contributed by atoms with E-state index >= 15 is 0 Å². The van der Waals surface area contributed by atoms with Gasteiger partial charge in [0.15, 0.2) is 5.78 Å². The molecule has 4 rings (SSSR count). The van der Waals surface area contributed by atoms with Crippen molar-refractivity contribution in [2.24, 2.45) is 0 Å². The van der Waals surface area contributed by atoms with E-state index in [0.29, 0.717) is 48.6 Å². The predicted molar refractivity (Wildman–Crippen MR) is 127 cm³/mol. The summed E-state index contributed by atoms with van der Waals surface area (Å²) in [5.41, 5.74) is 2.54. The lowest BCUT2D eigenvalue weighted by Crippen LogP contribution is -2.42. The molecule has 0 amide bonds. The van der Waals surface area contributed by atoms with Crippen molar-refractivity contribution in [1.29, 1.82) is 0 Å². The number of Topliss-reactive ketones (excluding diaryl/α,β-unsaturated/α-hetero) is 1. The summed E-state index contributed by atoms with van der Waals surface area (Å²) in [5, 5.41) is 6.56. The minimum Gasteiger partial charge on any atom is -0.351 e. The number of anilines is 3. The highest BCUT2D eigenvalue weighted by atomic mass is 79.9. The molecule has 2 aliphatic rings. The van der Waals surface area contributed by atoms with E-state index in [9.17, 15) is 13.2 Å². The Morgan fingerprint density at radius 1 is 1.16 bits per heavy atom. The highest BCUT2D eigenvalue weighted by molar-refractivity contribution is 9.10. The average Bonchev–Trinajstić information content (AvgIpc) is 3.14. The van der Waals surface area contributed by atoms with Crippen molar-refractivity contribution >= 4 is 49.2 Å². The van der Waals surface area contributed by atoms with Crippen molar-refractivity contribution in [1.82, 2.24) is 14.3 Å². The first-order valence-corrected chi connectivity index (χ1v) is 13.1. The van der Waals surface area contributed by atoms with Crippen molar-refractivity contribution < 1.29 is 13.2 Å². The van der Waals surface area contributed by atoms with Crippen LogP contribution in [-0.4, -0.2) is 53.9 Å². The second-order valence-electron chi connectivity index (χ2n) is 7.36. The van der Waals surface area contributed by atoms with Crippen LogP contribution in [0.15, 0.2) is 28.9 Å². The van der Waals surface area contributed by atoms with Gasteiger partial charge in [-0.25, -0.2) is 17.7 Å². The van der Waals surface area contributed by atoms with E-state index in [4.69, 9.17) is 0 Å². The van der Waals surface area contributed by atoms with E-state index in [-0.39, 0.29) is 11.8 Å². The summed E-state index contributed by atoms with van der Waals surface area (Å²) in [6.45, 7) is 4.97. The molecule has 1 aliphatic heterocycles. The van der Waals surface area contributed by atoms with E-state index < -0.39 is 10.0 Å². The Morgan fingerprint density at radius 2 is 1.87 bits per heavy atom. The van der Waals surface area contributed by atoms with Gasteiger partial charge in [0.2, 0.25) is 16.0 Å². The molecule has 1 saturated heterocycles. The number of nitrogens with one attached hydrogen (secondary N) is 2. The van der Waals surface area contributed by atoms with Gasteiger partial charge in [-0.05, 0) is 46.8 Å². The second-order valence-corrected chi connectivity index (χ2v) is 10.2. The Bertz CT molecular complexity index is 1050. The van der Waals surface area contributed by atoms with E-state index in [1.807, 2.05) is 32.0 Å². The number of benzene rings is 1. The van der Waals surface area contributed by atoms with Crippen molar-refractivity contribution in [2.75, 3.05) is 30.0 Å². The van der Waals surface area contributed by atoms with Gasteiger partial charge in [-0.3, -0.25) is 4.79 Å². The molecule has 168 valence electrons. The molecule has 2 aromatic rings. The number of rotatable bonds is 5. The summed E-state index contributed by atoms with van der Waals surface area (Å²) in [6, 6.07) is 5.90. The Kier molecular flexibility index (Phi) is 7.66. The van der Waals surface area contributed by atoms with Crippen LogP contribution < -0.4 is 10.6 Å². The van der Waals surface area contributed by atoms with E-state index in [0.717, 1.165) is 23.2 Å². The van der Waals surface area contributed by atoms with Gasteiger partial charge in [0.05, 0.1) is 16.4 Å². The smallest absolute Gasteiger partial charge is 0.224 e. The predicted octanol–water partition coefficient (Wildman–Crippen LogP) is 3.97. The maximum absolute atomic E-state index is 12.2. The normalized spacial score (nSPS) is 17.0. The molecule has 8 nitrogen and oxygen atoms in total. The van der Waals surface area contributed by atoms with Crippen molar-refractivity contribution in [2.45, 2.75) is 45.6 Å². The Hall–Kier alpha value is -2.04. The number of ketones is 1. The molecule has 1 fully saturated rings. The number of nitrogens with zero attached hydrogens (tertiary/aromatic N) is 3. The van der Waals surface area contributed by atoms with Gasteiger partial charge in [0.25, 0.3) is 0 Å². The Labute approximate surface area is 192 Å². The number of piperidine rings is 1. The zero-order valence-corrected chi connectivity index (χ0v) is 20.4. The SMILES string of the molecule is CC.CS(=O)(=O)N1CCC(Nc2ncc(Br)c(Nc3cccc4c3C(=O)CC4)n2)CC1. The number of hydrogen-bond acceptors (Lipinski definition) is 7. The van der Waals surface area contributed by atoms with Crippen LogP contribution in [0.1, 0.15) is 49.0 Å². The monoisotopic (exact) mass is 509 g/mol. The van der Waals surface area contributed by atoms with Crippen LogP contribution in [0.5, 0.6) is 0 Å². The lowest BCUT2D eigenvalue weighted by Gasteiger charge is -2.30. The molecular formula is C21H28BrN5O3S. The average molecular weight is 510 g/mol. The number of halogens is 1. The third-order valence-corrected chi connectivity index (χ3v) is 7.19. The first kappa shape index (κ1) is 23.6. The summed E-state index contributed by atoms with van der Waals surface area (Å²) >= 11 is 3.47. The molecule has 10 heteroatoms. The molecule has 0 saturated carbocycles. The molecule has 31 heavy (non-hydrogen) atoms. The standard InChI is InChI=1S/C19H22BrN5O3S.C2H6/c1-29(27,28)25-9-7-13(8-10-25)22-19-21-11-14(20)18(24-19)23-15-4-2-3-12-5-6-16(26)17(12)15;1-2/h2-4,11,13H,5-10H2,1H3,(H2,21,22,23,24);1-2H3. The van der Waals surface area contributed by atoms with Crippen LogP contribution in [0, 0.1) is 0 Å². The molecule has 1 aromatic heterocycles. The van der Waals surface area contributed by atoms with Crippen LogP contribution in [0.3, 0.4) is 0 Å². The fourth-order valence-electron chi connectivity index (χ4n) is 3.78. The lowest BCUT2D eigenvalue weighted by atomic mass is 10.1. The van der Waals surface area contributed by atoms with Crippen LogP contribution in [-0.2, 0) is 16.4 Å². The van der Waals surface area contributed by atoms with E-state index in [1.54, 1.807) is 6.20 Å². The van der Waals surface area contributed by atoms with Gasteiger partial charge in [-0.15, -0.1) is 0 Å². The minimum absolute atomic E-state index is 0.101. The van der Waals surface area contributed by atoms with E-state index in [2.05, 4.69) is 36.5 Å². The molecule has 0 radical (unpaired) electrons. The molecule has 2 heterocycles. The van der Waals surface area contributed by atoms with Crippen molar-refractivity contribution in [3.05, 3.63) is 40.0 Å². The quantitative estimate of drug-likeness (QED) is 0.627. The maximum Gasteiger partial charge on any atom is 0.224 e. The summed E-state index contributed by atoms with van der Waals surface area (Å²) in [7, 11) is -3.15. The molecular weight excluding hydrogens is 482 g/mol. The molecule has 1 aromatic carbocycles. The highest BCUT2D eigenvalue weighted by Crippen LogP contribution is 2.32. The van der Waals surface area contributed by atoms with Gasteiger partial charge in [0, 0.05) is 37.3 Å². The van der Waals surface area contributed by atoms with E-state index in [1.165, 1.54) is 10.6 Å². The van der Waals surface area contributed by atoms with Crippen LogP contribution in [0.4, 0.5) is 17.5 Å². The number of aromatic nitrogens is 2. The van der Waals surface area contributed by atoms with Crippen LogP contribution in [0.25, 0.3) is 0 Å². The van der Waals surface area contributed by atoms with Gasteiger partial charge in [-0.1, -0.05) is 26.0 Å². The van der Waals surface area contributed by atoms with Gasteiger partial charge in [-0.2, -0.15) is 4.98 Å². The molecule has 0 bridgehead atoms.